The van der Waals surface area contributed by atoms with Gasteiger partial charge in [0.05, 0.1) is 12.0 Å². The molecule has 0 heterocycles. The molecule has 0 unspecified atom stereocenters. The average molecular weight is 360 g/mol. The molecule has 2 aromatic carbocycles. The first-order valence-electron chi connectivity index (χ1n) is 7.48. The number of benzene rings is 2. The van der Waals surface area contributed by atoms with Crippen molar-refractivity contribution in [1.82, 2.24) is 4.31 Å². The summed E-state index contributed by atoms with van der Waals surface area (Å²) in [5.41, 5.74) is 1.38. The Morgan fingerprint density at radius 3 is 2.16 bits per heavy atom. The normalized spacial score (nSPS) is 11.7. The molecule has 7 heteroatoms. The van der Waals surface area contributed by atoms with Gasteiger partial charge in [-0.2, -0.15) is 0 Å². The van der Waals surface area contributed by atoms with E-state index in [1.54, 1.807) is 25.3 Å². The van der Waals surface area contributed by atoms with E-state index in [0.717, 1.165) is 15.6 Å². The molecular formula is C18H20N2O4S. The van der Waals surface area contributed by atoms with E-state index < -0.39 is 10.0 Å². The summed E-state index contributed by atoms with van der Waals surface area (Å²) in [6, 6.07) is 13.3. The topological polar surface area (TPSA) is 75.7 Å². The number of amides is 1. The molecule has 132 valence electrons. The second-order valence-corrected chi connectivity index (χ2v) is 7.56. The minimum atomic E-state index is -3.48. The van der Waals surface area contributed by atoms with E-state index >= 15 is 0 Å². The summed E-state index contributed by atoms with van der Waals surface area (Å²) < 4.78 is 30.2. The van der Waals surface area contributed by atoms with Crippen LogP contribution >= 0.6 is 0 Å². The van der Waals surface area contributed by atoms with Crippen LogP contribution < -0.4 is 10.1 Å². The first kappa shape index (κ1) is 18.7. The van der Waals surface area contributed by atoms with Crippen molar-refractivity contribution in [2.45, 2.75) is 4.90 Å². The molecule has 1 N–H and O–H groups in total. The number of sulfonamides is 1. The zero-order valence-electron chi connectivity index (χ0n) is 14.3. The highest BCUT2D eigenvalue weighted by Gasteiger charge is 2.16. The standard InChI is InChI=1S/C18H20N2O4S/c1-20(2)25(22,23)17-11-7-15(8-12-17)19-18(21)13-6-14-4-9-16(24-3)10-5-14/h4-13H,1-3H3,(H,19,21)/b13-6-. The highest BCUT2D eigenvalue weighted by Crippen LogP contribution is 2.17. The van der Waals surface area contributed by atoms with Crippen LogP contribution in [0.4, 0.5) is 5.69 Å². The molecule has 0 bridgehead atoms. The van der Waals surface area contributed by atoms with Crippen molar-refractivity contribution in [3.05, 3.63) is 60.2 Å². The number of rotatable bonds is 6. The third-order valence-electron chi connectivity index (χ3n) is 3.44. The van der Waals surface area contributed by atoms with Crippen LogP contribution in [0.15, 0.2) is 59.5 Å². The Bertz CT molecular complexity index is 855. The Hall–Kier alpha value is -2.64. The molecule has 0 fully saturated rings. The molecule has 0 aromatic heterocycles. The van der Waals surface area contributed by atoms with Crippen molar-refractivity contribution in [2.75, 3.05) is 26.5 Å². The number of nitrogens with one attached hydrogen (secondary N) is 1. The number of carbonyl (C=O) groups excluding carboxylic acids is 1. The summed E-state index contributed by atoms with van der Waals surface area (Å²) in [5.74, 6) is 0.438. The summed E-state index contributed by atoms with van der Waals surface area (Å²) in [7, 11) is 1.05. The van der Waals surface area contributed by atoms with Gasteiger partial charge in [-0.15, -0.1) is 0 Å². The molecule has 2 rings (SSSR count). The minimum Gasteiger partial charge on any atom is -0.497 e. The molecule has 0 saturated heterocycles. The summed E-state index contributed by atoms with van der Waals surface area (Å²) in [6.45, 7) is 0. The fourth-order valence-electron chi connectivity index (χ4n) is 1.99. The smallest absolute Gasteiger partial charge is 0.248 e. The fourth-order valence-corrected chi connectivity index (χ4v) is 2.89. The number of carbonyl (C=O) groups is 1. The van der Waals surface area contributed by atoms with E-state index in [4.69, 9.17) is 4.74 Å². The predicted octanol–water partition coefficient (Wildman–Crippen LogP) is 2.60. The van der Waals surface area contributed by atoms with Crippen LogP contribution in [0.5, 0.6) is 5.75 Å². The van der Waals surface area contributed by atoms with Gasteiger partial charge in [-0.3, -0.25) is 4.79 Å². The van der Waals surface area contributed by atoms with E-state index in [0.29, 0.717) is 5.69 Å². The molecule has 0 saturated carbocycles. The lowest BCUT2D eigenvalue weighted by Gasteiger charge is -2.11. The molecule has 0 radical (unpaired) electrons. The van der Waals surface area contributed by atoms with Crippen molar-refractivity contribution >= 4 is 27.7 Å². The lowest BCUT2D eigenvalue weighted by Crippen LogP contribution is -2.22. The van der Waals surface area contributed by atoms with Crippen LogP contribution in [0.3, 0.4) is 0 Å². The molecule has 6 nitrogen and oxygen atoms in total. The number of hydrogen-bond donors (Lipinski definition) is 1. The fraction of sp³-hybridized carbons (Fsp3) is 0.167. The first-order valence-corrected chi connectivity index (χ1v) is 8.92. The van der Waals surface area contributed by atoms with Crippen molar-refractivity contribution in [3.63, 3.8) is 0 Å². The van der Waals surface area contributed by atoms with Gasteiger partial charge in [0.2, 0.25) is 15.9 Å². The zero-order chi connectivity index (χ0) is 18.4. The maximum absolute atomic E-state index is 12.0. The van der Waals surface area contributed by atoms with Crippen LogP contribution in [0.25, 0.3) is 6.08 Å². The van der Waals surface area contributed by atoms with Gasteiger partial charge in [-0.05, 0) is 48.0 Å². The third-order valence-corrected chi connectivity index (χ3v) is 5.27. The second-order valence-electron chi connectivity index (χ2n) is 5.41. The van der Waals surface area contributed by atoms with Gasteiger partial charge in [0.25, 0.3) is 0 Å². The van der Waals surface area contributed by atoms with E-state index in [-0.39, 0.29) is 10.8 Å². The maximum Gasteiger partial charge on any atom is 0.248 e. The first-order chi connectivity index (χ1) is 11.8. The molecule has 0 aliphatic carbocycles. The largest absolute Gasteiger partial charge is 0.497 e. The van der Waals surface area contributed by atoms with E-state index in [1.165, 1.54) is 32.3 Å². The van der Waals surface area contributed by atoms with Crippen molar-refractivity contribution < 1.29 is 17.9 Å². The molecule has 0 atom stereocenters. The molecule has 0 aliphatic heterocycles. The zero-order valence-corrected chi connectivity index (χ0v) is 15.1. The average Bonchev–Trinajstić information content (AvgIpc) is 2.60. The van der Waals surface area contributed by atoms with Gasteiger partial charge in [-0.1, -0.05) is 12.1 Å². The number of anilines is 1. The molecule has 1 amide bonds. The SMILES string of the molecule is COc1ccc(/C=C\C(=O)Nc2ccc(S(=O)(=O)N(C)C)cc2)cc1. The number of methoxy groups -OCH3 is 1. The van der Waals surface area contributed by atoms with Gasteiger partial charge in [0.1, 0.15) is 5.75 Å². The summed E-state index contributed by atoms with van der Waals surface area (Å²) in [6.07, 6.45) is 3.09. The monoisotopic (exact) mass is 360 g/mol. The Balaban J connectivity index is 2.01. The number of nitrogens with zero attached hydrogens (tertiary/aromatic N) is 1. The molecule has 25 heavy (non-hydrogen) atoms. The summed E-state index contributed by atoms with van der Waals surface area (Å²) in [4.78, 5) is 12.1. The van der Waals surface area contributed by atoms with Gasteiger partial charge in [0.15, 0.2) is 0 Å². The Morgan fingerprint density at radius 2 is 1.64 bits per heavy atom. The van der Waals surface area contributed by atoms with E-state index in [9.17, 15) is 13.2 Å². The van der Waals surface area contributed by atoms with Crippen LogP contribution in [0.2, 0.25) is 0 Å². The van der Waals surface area contributed by atoms with Gasteiger partial charge < -0.3 is 10.1 Å². The van der Waals surface area contributed by atoms with Gasteiger partial charge in [0, 0.05) is 25.9 Å². The second kappa shape index (κ2) is 7.96. The Labute approximate surface area is 147 Å². The Morgan fingerprint density at radius 1 is 1.04 bits per heavy atom. The third kappa shape index (κ3) is 4.91. The predicted molar refractivity (Wildman–Crippen MR) is 98.0 cm³/mol. The highest BCUT2D eigenvalue weighted by molar-refractivity contribution is 7.89. The van der Waals surface area contributed by atoms with E-state index in [1.807, 2.05) is 24.3 Å². The highest BCUT2D eigenvalue weighted by atomic mass is 32.2. The minimum absolute atomic E-state index is 0.171. The lowest BCUT2D eigenvalue weighted by molar-refractivity contribution is -0.111. The van der Waals surface area contributed by atoms with Gasteiger partial charge in [-0.25, -0.2) is 12.7 Å². The number of ether oxygens (including phenoxy) is 1. The van der Waals surface area contributed by atoms with Crippen molar-refractivity contribution in [1.29, 1.82) is 0 Å². The molecule has 0 spiro atoms. The Kier molecular flexibility index (Phi) is 5.95. The van der Waals surface area contributed by atoms with Crippen molar-refractivity contribution in [2.24, 2.45) is 0 Å². The summed E-state index contributed by atoms with van der Waals surface area (Å²) in [5, 5.41) is 2.68. The molecule has 0 aliphatic rings. The molecule has 2 aromatic rings. The summed E-state index contributed by atoms with van der Waals surface area (Å²) >= 11 is 0. The molecular weight excluding hydrogens is 340 g/mol. The lowest BCUT2D eigenvalue weighted by atomic mass is 10.2. The maximum atomic E-state index is 12.0. The van der Waals surface area contributed by atoms with Crippen molar-refractivity contribution in [3.8, 4) is 5.75 Å². The van der Waals surface area contributed by atoms with E-state index in [2.05, 4.69) is 5.32 Å². The van der Waals surface area contributed by atoms with Crippen LogP contribution in [0.1, 0.15) is 5.56 Å². The quantitative estimate of drug-likeness (QED) is 0.804. The van der Waals surface area contributed by atoms with Crippen LogP contribution in [0, 0.1) is 0 Å². The number of hydrogen-bond acceptors (Lipinski definition) is 4. The van der Waals surface area contributed by atoms with Gasteiger partial charge >= 0.3 is 0 Å². The van der Waals surface area contributed by atoms with Crippen LogP contribution in [-0.4, -0.2) is 39.8 Å². The van der Waals surface area contributed by atoms with Crippen LogP contribution in [-0.2, 0) is 14.8 Å².